The van der Waals surface area contributed by atoms with Gasteiger partial charge in [0.25, 0.3) is 0 Å². The molecular formula is C12H17ClFN3O. The van der Waals surface area contributed by atoms with E-state index < -0.39 is 5.82 Å². The zero-order chi connectivity index (χ0) is 13.9. The molecule has 0 aliphatic heterocycles. The molecule has 0 fully saturated rings. The number of likely N-dealkylation sites (N-methyl/N-ethyl adjacent to an activating group) is 2. The molecule has 100 valence electrons. The number of carbonyl (C=O) groups is 1. The number of hydrogen-bond acceptors (Lipinski definition) is 3. The van der Waals surface area contributed by atoms with Crippen LogP contribution in [0.2, 0.25) is 5.02 Å². The normalized spacial score (nSPS) is 10.3. The highest BCUT2D eigenvalue weighted by Crippen LogP contribution is 2.29. The fraction of sp³-hybridized carbons (Fsp3) is 0.417. The first-order valence-electron chi connectivity index (χ1n) is 5.56. The van der Waals surface area contributed by atoms with Crippen LogP contribution in [-0.2, 0) is 4.79 Å². The van der Waals surface area contributed by atoms with E-state index in [2.05, 4.69) is 0 Å². The highest BCUT2D eigenvalue weighted by molar-refractivity contribution is 6.31. The van der Waals surface area contributed by atoms with Crippen molar-refractivity contribution in [3.05, 3.63) is 23.0 Å². The molecule has 0 spiro atoms. The molecule has 0 unspecified atom stereocenters. The Bertz CT molecular complexity index is 451. The second-order valence-corrected chi connectivity index (χ2v) is 4.53. The number of nitrogen functional groups attached to an aromatic ring is 1. The van der Waals surface area contributed by atoms with Gasteiger partial charge in [-0.05, 0) is 13.0 Å². The van der Waals surface area contributed by atoms with Crippen LogP contribution in [0.3, 0.4) is 0 Å². The average Bonchev–Trinajstić information content (AvgIpc) is 2.30. The second-order valence-electron chi connectivity index (χ2n) is 4.13. The minimum absolute atomic E-state index is 0.00467. The van der Waals surface area contributed by atoms with E-state index in [-0.39, 0.29) is 23.2 Å². The molecular weight excluding hydrogens is 257 g/mol. The molecule has 4 nitrogen and oxygen atoms in total. The van der Waals surface area contributed by atoms with Gasteiger partial charge in [-0.3, -0.25) is 4.79 Å². The lowest BCUT2D eigenvalue weighted by Crippen LogP contribution is -2.36. The fourth-order valence-electron chi connectivity index (χ4n) is 1.50. The van der Waals surface area contributed by atoms with Crippen LogP contribution in [0.25, 0.3) is 0 Å². The van der Waals surface area contributed by atoms with Crippen LogP contribution in [0.4, 0.5) is 15.8 Å². The molecule has 1 aromatic rings. The zero-order valence-corrected chi connectivity index (χ0v) is 11.5. The molecule has 0 radical (unpaired) electrons. The first-order valence-corrected chi connectivity index (χ1v) is 5.94. The van der Waals surface area contributed by atoms with Crippen molar-refractivity contribution in [2.24, 2.45) is 0 Å². The van der Waals surface area contributed by atoms with Gasteiger partial charge in [0.2, 0.25) is 5.91 Å². The Labute approximate surface area is 111 Å². The van der Waals surface area contributed by atoms with Crippen LogP contribution in [0, 0.1) is 5.82 Å². The third kappa shape index (κ3) is 3.26. The summed E-state index contributed by atoms with van der Waals surface area (Å²) < 4.78 is 13.2. The van der Waals surface area contributed by atoms with Crippen molar-refractivity contribution in [1.82, 2.24) is 4.90 Å². The number of halogens is 2. The van der Waals surface area contributed by atoms with Gasteiger partial charge in [0, 0.05) is 26.7 Å². The summed E-state index contributed by atoms with van der Waals surface area (Å²) >= 11 is 5.73. The molecule has 6 heteroatoms. The lowest BCUT2D eigenvalue weighted by molar-refractivity contribution is -0.127. The summed E-state index contributed by atoms with van der Waals surface area (Å²) in [6.45, 7) is 2.64. The van der Waals surface area contributed by atoms with E-state index >= 15 is 0 Å². The van der Waals surface area contributed by atoms with Crippen molar-refractivity contribution in [3.8, 4) is 0 Å². The summed E-state index contributed by atoms with van der Waals surface area (Å²) in [5.74, 6) is -0.621. The molecule has 0 saturated carbocycles. The monoisotopic (exact) mass is 273 g/mol. The standard InChI is InChI=1S/C12H17ClFN3O/c1-4-17(7-12(18)16(2)3)11-5-8(13)9(14)6-10(11)15/h5-6H,4,7,15H2,1-3H3. The molecule has 0 bridgehead atoms. The van der Waals surface area contributed by atoms with E-state index in [1.807, 2.05) is 6.92 Å². The molecule has 1 amide bonds. The van der Waals surface area contributed by atoms with Crippen LogP contribution in [0.15, 0.2) is 12.1 Å². The van der Waals surface area contributed by atoms with Crippen LogP contribution in [-0.4, -0.2) is 38.0 Å². The molecule has 1 aromatic carbocycles. The second kappa shape index (κ2) is 5.91. The van der Waals surface area contributed by atoms with E-state index in [4.69, 9.17) is 17.3 Å². The molecule has 0 aliphatic carbocycles. The summed E-state index contributed by atoms with van der Waals surface area (Å²) in [6, 6.07) is 2.61. The van der Waals surface area contributed by atoms with Crippen molar-refractivity contribution in [3.63, 3.8) is 0 Å². The predicted octanol–water partition coefficient (Wildman–Crippen LogP) is 1.98. The highest BCUT2D eigenvalue weighted by Gasteiger charge is 2.15. The number of hydrogen-bond donors (Lipinski definition) is 1. The lowest BCUT2D eigenvalue weighted by atomic mass is 10.2. The number of anilines is 2. The van der Waals surface area contributed by atoms with E-state index in [9.17, 15) is 9.18 Å². The van der Waals surface area contributed by atoms with Crippen LogP contribution in [0.5, 0.6) is 0 Å². The van der Waals surface area contributed by atoms with Gasteiger partial charge >= 0.3 is 0 Å². The topological polar surface area (TPSA) is 49.6 Å². The average molecular weight is 274 g/mol. The summed E-state index contributed by atoms with van der Waals surface area (Å²) in [6.07, 6.45) is 0. The van der Waals surface area contributed by atoms with E-state index in [1.165, 1.54) is 17.0 Å². The lowest BCUT2D eigenvalue weighted by Gasteiger charge is -2.25. The van der Waals surface area contributed by atoms with Crippen molar-refractivity contribution in [2.45, 2.75) is 6.92 Å². The van der Waals surface area contributed by atoms with Crippen LogP contribution >= 0.6 is 11.6 Å². The number of nitrogens with two attached hydrogens (primary N) is 1. The molecule has 0 atom stereocenters. The molecule has 1 rings (SSSR count). The van der Waals surface area contributed by atoms with Crippen molar-refractivity contribution in [1.29, 1.82) is 0 Å². The Morgan fingerprint density at radius 2 is 2.06 bits per heavy atom. The summed E-state index contributed by atoms with van der Waals surface area (Å²) in [5.41, 5.74) is 6.59. The molecule has 2 N–H and O–H groups in total. The first kappa shape index (κ1) is 14.6. The van der Waals surface area contributed by atoms with Gasteiger partial charge in [-0.15, -0.1) is 0 Å². The molecule has 0 heterocycles. The van der Waals surface area contributed by atoms with Crippen LogP contribution in [0.1, 0.15) is 6.92 Å². The van der Waals surface area contributed by atoms with Crippen molar-refractivity contribution < 1.29 is 9.18 Å². The van der Waals surface area contributed by atoms with Crippen LogP contribution < -0.4 is 10.6 Å². The van der Waals surface area contributed by atoms with Crippen molar-refractivity contribution in [2.75, 3.05) is 37.8 Å². The smallest absolute Gasteiger partial charge is 0.241 e. The van der Waals surface area contributed by atoms with E-state index in [1.54, 1.807) is 19.0 Å². The molecule has 0 aromatic heterocycles. The van der Waals surface area contributed by atoms with Gasteiger partial charge in [0.15, 0.2) is 0 Å². The summed E-state index contributed by atoms with van der Waals surface area (Å²) in [4.78, 5) is 14.9. The number of rotatable bonds is 4. The maximum Gasteiger partial charge on any atom is 0.241 e. The van der Waals surface area contributed by atoms with Gasteiger partial charge in [-0.1, -0.05) is 11.6 Å². The fourth-order valence-corrected chi connectivity index (χ4v) is 1.66. The molecule has 0 saturated heterocycles. The quantitative estimate of drug-likeness (QED) is 0.854. The Hall–Kier alpha value is -1.49. The molecule has 0 aliphatic rings. The van der Waals surface area contributed by atoms with E-state index in [0.717, 1.165) is 0 Å². The highest BCUT2D eigenvalue weighted by atomic mass is 35.5. The zero-order valence-electron chi connectivity index (χ0n) is 10.7. The number of carbonyl (C=O) groups excluding carboxylic acids is 1. The van der Waals surface area contributed by atoms with Gasteiger partial charge in [0.1, 0.15) is 5.82 Å². The Morgan fingerprint density at radius 3 is 2.56 bits per heavy atom. The Balaban J connectivity index is 3.02. The maximum absolute atomic E-state index is 13.2. The van der Waals surface area contributed by atoms with Gasteiger partial charge in [-0.25, -0.2) is 4.39 Å². The SMILES string of the molecule is CCN(CC(=O)N(C)C)c1cc(Cl)c(F)cc1N. The summed E-state index contributed by atoms with van der Waals surface area (Å²) in [7, 11) is 3.36. The number of benzene rings is 1. The largest absolute Gasteiger partial charge is 0.397 e. The third-order valence-corrected chi connectivity index (χ3v) is 2.91. The third-order valence-electron chi connectivity index (χ3n) is 2.62. The summed E-state index contributed by atoms with van der Waals surface area (Å²) in [5, 5.41) is -0.00467. The number of amides is 1. The Morgan fingerprint density at radius 1 is 1.44 bits per heavy atom. The van der Waals surface area contributed by atoms with Gasteiger partial charge in [0.05, 0.1) is 22.9 Å². The molecule has 18 heavy (non-hydrogen) atoms. The minimum Gasteiger partial charge on any atom is -0.397 e. The number of nitrogens with zero attached hydrogens (tertiary/aromatic N) is 2. The first-order chi connectivity index (χ1) is 8.36. The van der Waals surface area contributed by atoms with Gasteiger partial charge in [-0.2, -0.15) is 0 Å². The van der Waals surface area contributed by atoms with Gasteiger partial charge < -0.3 is 15.5 Å². The van der Waals surface area contributed by atoms with Crippen molar-refractivity contribution >= 4 is 28.9 Å². The minimum atomic E-state index is -0.562. The van der Waals surface area contributed by atoms with E-state index in [0.29, 0.717) is 12.2 Å². The Kier molecular flexibility index (Phi) is 4.78. The predicted molar refractivity (Wildman–Crippen MR) is 72.4 cm³/mol. The maximum atomic E-state index is 13.2.